The average Bonchev–Trinajstić information content (AvgIpc) is 2.48. The number of hydrogen-bond donors (Lipinski definition) is 0. The molecule has 2 rings (SSSR count). The molecule has 0 aliphatic carbocycles. The van der Waals surface area contributed by atoms with Gasteiger partial charge in [-0.3, -0.25) is 14.9 Å². The first-order valence-corrected chi connectivity index (χ1v) is 6.51. The van der Waals surface area contributed by atoms with Crippen molar-refractivity contribution in [2.75, 3.05) is 14.1 Å². The van der Waals surface area contributed by atoms with Gasteiger partial charge in [0.1, 0.15) is 0 Å². The van der Waals surface area contributed by atoms with Gasteiger partial charge in [0, 0.05) is 25.7 Å². The average molecular weight is 284 g/mol. The van der Waals surface area contributed by atoms with Gasteiger partial charge in [0.25, 0.3) is 5.69 Å². The lowest BCUT2D eigenvalue weighted by Crippen LogP contribution is -2.29. The highest BCUT2D eigenvalue weighted by Crippen LogP contribution is 2.32. The summed E-state index contributed by atoms with van der Waals surface area (Å²) in [5, 5.41) is 11.2. The molecule has 0 fully saturated rings. The van der Waals surface area contributed by atoms with Gasteiger partial charge in [0.15, 0.2) is 0 Å². The summed E-state index contributed by atoms with van der Waals surface area (Å²) in [6, 6.07) is 15.5. The van der Waals surface area contributed by atoms with Gasteiger partial charge in [0.05, 0.1) is 10.8 Å². The smallest absolute Gasteiger partial charge is 0.273 e. The van der Waals surface area contributed by atoms with E-state index in [1.807, 2.05) is 30.3 Å². The van der Waals surface area contributed by atoms with Gasteiger partial charge >= 0.3 is 0 Å². The van der Waals surface area contributed by atoms with Gasteiger partial charge in [-0.1, -0.05) is 48.5 Å². The highest BCUT2D eigenvalue weighted by atomic mass is 16.6. The normalized spacial score (nSPS) is 11.7. The summed E-state index contributed by atoms with van der Waals surface area (Å²) in [6.07, 6.45) is 0. The van der Waals surface area contributed by atoms with Crippen LogP contribution in [-0.4, -0.2) is 29.8 Å². The number of nitro groups is 1. The number of benzene rings is 2. The van der Waals surface area contributed by atoms with E-state index in [4.69, 9.17) is 0 Å². The van der Waals surface area contributed by atoms with Gasteiger partial charge in [-0.05, 0) is 5.56 Å². The van der Waals surface area contributed by atoms with E-state index in [0.717, 1.165) is 5.56 Å². The fraction of sp³-hybridized carbons (Fsp3) is 0.188. The van der Waals surface area contributed by atoms with Crippen molar-refractivity contribution in [3.8, 4) is 0 Å². The quantitative estimate of drug-likeness (QED) is 0.640. The Morgan fingerprint density at radius 1 is 1.05 bits per heavy atom. The van der Waals surface area contributed by atoms with E-state index < -0.39 is 10.8 Å². The van der Waals surface area contributed by atoms with E-state index in [0.29, 0.717) is 5.56 Å². The number of carbonyl (C=O) groups excluding carboxylic acids is 1. The molecule has 0 bridgehead atoms. The number of likely N-dealkylation sites (N-methyl/N-ethyl adjacent to an activating group) is 1. The number of rotatable bonds is 4. The van der Waals surface area contributed by atoms with Gasteiger partial charge < -0.3 is 4.90 Å². The molecule has 1 amide bonds. The van der Waals surface area contributed by atoms with Crippen molar-refractivity contribution in [3.63, 3.8) is 0 Å². The first-order chi connectivity index (χ1) is 10.0. The molecule has 21 heavy (non-hydrogen) atoms. The summed E-state index contributed by atoms with van der Waals surface area (Å²) in [5.74, 6) is -0.863. The molecule has 108 valence electrons. The van der Waals surface area contributed by atoms with Crippen molar-refractivity contribution < 1.29 is 9.72 Å². The van der Waals surface area contributed by atoms with Crippen molar-refractivity contribution in [1.29, 1.82) is 0 Å². The van der Waals surface area contributed by atoms with Gasteiger partial charge in [0.2, 0.25) is 5.91 Å². The van der Waals surface area contributed by atoms with Crippen molar-refractivity contribution >= 4 is 11.6 Å². The maximum absolute atomic E-state index is 12.5. The molecule has 2 aromatic carbocycles. The van der Waals surface area contributed by atoms with Crippen molar-refractivity contribution in [1.82, 2.24) is 4.90 Å². The van der Waals surface area contributed by atoms with Gasteiger partial charge in [-0.15, -0.1) is 0 Å². The number of para-hydroxylation sites is 1. The van der Waals surface area contributed by atoms with Crippen LogP contribution in [0.4, 0.5) is 5.69 Å². The summed E-state index contributed by atoms with van der Waals surface area (Å²) in [7, 11) is 3.29. The SMILES string of the molecule is CN(C)C(=O)C(c1ccccc1)c1ccccc1[N+](=O)[O-]. The van der Waals surface area contributed by atoms with Gasteiger partial charge in [-0.2, -0.15) is 0 Å². The molecule has 5 heteroatoms. The summed E-state index contributed by atoms with van der Waals surface area (Å²) >= 11 is 0. The van der Waals surface area contributed by atoms with Crippen LogP contribution in [0.3, 0.4) is 0 Å². The Bertz CT molecular complexity index is 654. The Labute approximate surface area is 123 Å². The fourth-order valence-corrected chi connectivity index (χ4v) is 2.26. The lowest BCUT2D eigenvalue weighted by molar-refractivity contribution is -0.385. The van der Waals surface area contributed by atoms with Crippen LogP contribution in [0.1, 0.15) is 17.0 Å². The highest BCUT2D eigenvalue weighted by Gasteiger charge is 2.30. The molecule has 0 N–H and O–H groups in total. The third-order valence-electron chi connectivity index (χ3n) is 3.27. The largest absolute Gasteiger partial charge is 0.348 e. The van der Waals surface area contributed by atoms with Crippen molar-refractivity contribution in [2.45, 2.75) is 5.92 Å². The summed E-state index contributed by atoms with van der Waals surface area (Å²) in [4.78, 5) is 24.8. The molecular weight excluding hydrogens is 268 g/mol. The van der Waals surface area contributed by atoms with E-state index in [-0.39, 0.29) is 11.6 Å². The minimum absolute atomic E-state index is 0.0402. The second-order valence-electron chi connectivity index (χ2n) is 4.89. The standard InChI is InChI=1S/C16H16N2O3/c1-17(2)16(19)15(12-8-4-3-5-9-12)13-10-6-7-11-14(13)18(20)21/h3-11,15H,1-2H3. The summed E-state index contributed by atoms with van der Waals surface area (Å²) < 4.78 is 0. The molecule has 1 atom stereocenters. The first-order valence-electron chi connectivity index (χ1n) is 6.51. The van der Waals surface area contributed by atoms with Crippen LogP contribution < -0.4 is 0 Å². The predicted molar refractivity (Wildman–Crippen MR) is 80.1 cm³/mol. The van der Waals surface area contributed by atoms with E-state index in [1.165, 1.54) is 11.0 Å². The number of nitro benzene ring substituents is 1. The molecule has 0 aliphatic heterocycles. The number of nitrogens with zero attached hydrogens (tertiary/aromatic N) is 2. The molecule has 0 aliphatic rings. The Morgan fingerprint density at radius 3 is 2.19 bits per heavy atom. The first kappa shape index (κ1) is 14.7. The molecule has 1 unspecified atom stereocenters. The van der Waals surface area contributed by atoms with Crippen LogP contribution in [0.2, 0.25) is 0 Å². The lowest BCUT2D eigenvalue weighted by atomic mass is 9.89. The zero-order chi connectivity index (χ0) is 15.4. The molecule has 2 aromatic rings. The predicted octanol–water partition coefficient (Wildman–Crippen LogP) is 2.81. The minimum Gasteiger partial charge on any atom is -0.348 e. The number of carbonyl (C=O) groups is 1. The molecule has 0 spiro atoms. The van der Waals surface area contributed by atoms with Crippen LogP contribution in [0.15, 0.2) is 54.6 Å². The maximum atomic E-state index is 12.5. The van der Waals surface area contributed by atoms with Crippen LogP contribution in [0, 0.1) is 10.1 Å². The molecular formula is C16H16N2O3. The summed E-state index contributed by atoms with van der Waals surface area (Å²) in [6.45, 7) is 0. The zero-order valence-corrected chi connectivity index (χ0v) is 11.9. The molecule has 5 nitrogen and oxygen atoms in total. The number of amides is 1. The monoisotopic (exact) mass is 284 g/mol. The molecule has 0 saturated heterocycles. The second kappa shape index (κ2) is 6.17. The minimum atomic E-state index is -0.678. The topological polar surface area (TPSA) is 63.5 Å². The van der Waals surface area contributed by atoms with E-state index in [1.54, 1.807) is 32.3 Å². The Hall–Kier alpha value is -2.69. The molecule has 0 saturated carbocycles. The van der Waals surface area contributed by atoms with Gasteiger partial charge in [-0.25, -0.2) is 0 Å². The second-order valence-corrected chi connectivity index (χ2v) is 4.89. The zero-order valence-electron chi connectivity index (χ0n) is 11.9. The van der Waals surface area contributed by atoms with E-state index in [2.05, 4.69) is 0 Å². The van der Waals surface area contributed by atoms with Crippen LogP contribution in [0.25, 0.3) is 0 Å². The van der Waals surface area contributed by atoms with Crippen molar-refractivity contribution in [2.24, 2.45) is 0 Å². The Morgan fingerprint density at radius 2 is 1.62 bits per heavy atom. The third kappa shape index (κ3) is 3.08. The third-order valence-corrected chi connectivity index (χ3v) is 3.27. The lowest BCUT2D eigenvalue weighted by Gasteiger charge is -2.21. The van der Waals surface area contributed by atoms with Crippen LogP contribution in [0.5, 0.6) is 0 Å². The van der Waals surface area contributed by atoms with E-state index in [9.17, 15) is 14.9 Å². The molecule has 0 radical (unpaired) electrons. The van der Waals surface area contributed by atoms with E-state index >= 15 is 0 Å². The summed E-state index contributed by atoms with van der Waals surface area (Å²) in [5.41, 5.74) is 1.11. The molecule has 0 heterocycles. The van der Waals surface area contributed by atoms with Crippen LogP contribution in [-0.2, 0) is 4.79 Å². The Balaban J connectivity index is 2.61. The maximum Gasteiger partial charge on any atom is 0.273 e. The fourth-order valence-electron chi connectivity index (χ4n) is 2.26. The Kier molecular flexibility index (Phi) is 4.33. The van der Waals surface area contributed by atoms with Crippen LogP contribution >= 0.6 is 0 Å². The molecule has 0 aromatic heterocycles. The highest BCUT2D eigenvalue weighted by molar-refractivity contribution is 5.88. The number of hydrogen-bond acceptors (Lipinski definition) is 3. The van der Waals surface area contributed by atoms with Crippen molar-refractivity contribution in [3.05, 3.63) is 75.8 Å².